The third kappa shape index (κ3) is 4.80. The van der Waals surface area contributed by atoms with E-state index < -0.39 is 16.1 Å². The van der Waals surface area contributed by atoms with Crippen molar-refractivity contribution in [2.24, 2.45) is 0 Å². The maximum absolute atomic E-state index is 12.7. The molecule has 144 valence electrons. The van der Waals surface area contributed by atoms with Gasteiger partial charge in [0.2, 0.25) is 5.91 Å². The molecular formula is C18H19Cl2N3O3S. The Morgan fingerprint density at radius 1 is 1.11 bits per heavy atom. The Balaban J connectivity index is 1.64. The molecule has 2 aromatic carbocycles. The largest absolute Gasteiger partial charge is 0.324 e. The fraction of sp³-hybridized carbons (Fsp3) is 0.278. The van der Waals surface area contributed by atoms with Gasteiger partial charge in [0.25, 0.3) is 10.2 Å². The molecule has 6 nitrogen and oxygen atoms in total. The number of rotatable bonds is 5. The summed E-state index contributed by atoms with van der Waals surface area (Å²) < 4.78 is 27.9. The number of hydrogen-bond acceptors (Lipinski definition) is 3. The molecule has 0 saturated carbocycles. The maximum Gasteiger partial charge on any atom is 0.282 e. The van der Waals surface area contributed by atoms with Crippen molar-refractivity contribution in [3.05, 3.63) is 63.6 Å². The lowest BCUT2D eigenvalue weighted by Gasteiger charge is -2.18. The quantitative estimate of drug-likeness (QED) is 0.795. The molecule has 0 spiro atoms. The van der Waals surface area contributed by atoms with Crippen molar-refractivity contribution in [3.63, 3.8) is 0 Å². The van der Waals surface area contributed by atoms with Crippen molar-refractivity contribution >= 4 is 45.0 Å². The van der Waals surface area contributed by atoms with E-state index in [2.05, 4.69) is 5.32 Å². The van der Waals surface area contributed by atoms with Crippen LogP contribution in [0.4, 0.5) is 5.69 Å². The van der Waals surface area contributed by atoms with E-state index in [0.29, 0.717) is 22.3 Å². The number of hydrogen-bond donors (Lipinski definition) is 1. The standard InChI is InChI=1S/C18H19Cl2N3O3S/c1-13-5-6-17(16(20)9-13)21-18(24)12-23-8-7-22(27(23,25)26)11-14-3-2-4-15(19)10-14/h2-6,9-10H,7-8,11-12H2,1H3,(H,21,24). The van der Waals surface area contributed by atoms with Gasteiger partial charge in [-0.15, -0.1) is 0 Å². The van der Waals surface area contributed by atoms with Crippen LogP contribution in [0.1, 0.15) is 11.1 Å². The SMILES string of the molecule is Cc1ccc(NC(=O)CN2CCN(Cc3cccc(Cl)c3)S2(=O)=O)c(Cl)c1. The van der Waals surface area contributed by atoms with Gasteiger partial charge < -0.3 is 5.32 Å². The molecule has 2 aromatic rings. The highest BCUT2D eigenvalue weighted by Crippen LogP contribution is 2.24. The highest BCUT2D eigenvalue weighted by Gasteiger charge is 2.37. The van der Waals surface area contributed by atoms with Crippen LogP contribution >= 0.6 is 23.2 Å². The van der Waals surface area contributed by atoms with E-state index in [9.17, 15) is 13.2 Å². The average molecular weight is 428 g/mol. The Bertz CT molecular complexity index is 966. The van der Waals surface area contributed by atoms with Crippen molar-refractivity contribution in [2.75, 3.05) is 25.0 Å². The Morgan fingerprint density at radius 3 is 2.56 bits per heavy atom. The number of carbonyl (C=O) groups is 1. The second-order valence-electron chi connectivity index (χ2n) is 6.34. The highest BCUT2D eigenvalue weighted by molar-refractivity contribution is 7.87. The van der Waals surface area contributed by atoms with Gasteiger partial charge in [0.15, 0.2) is 0 Å². The van der Waals surface area contributed by atoms with Gasteiger partial charge >= 0.3 is 0 Å². The van der Waals surface area contributed by atoms with Crippen molar-refractivity contribution in [1.82, 2.24) is 8.61 Å². The first-order valence-corrected chi connectivity index (χ1v) is 10.5. The van der Waals surface area contributed by atoms with Gasteiger partial charge in [-0.05, 0) is 42.3 Å². The molecule has 1 aliphatic rings. The molecule has 1 N–H and O–H groups in total. The van der Waals surface area contributed by atoms with Gasteiger partial charge in [0.05, 0.1) is 17.3 Å². The zero-order valence-electron chi connectivity index (χ0n) is 14.7. The number of anilines is 1. The lowest BCUT2D eigenvalue weighted by molar-refractivity contribution is -0.116. The summed E-state index contributed by atoms with van der Waals surface area (Å²) in [5.41, 5.74) is 2.22. The summed E-state index contributed by atoms with van der Waals surface area (Å²) in [6, 6.07) is 12.3. The van der Waals surface area contributed by atoms with Crippen LogP contribution in [-0.4, -0.2) is 42.6 Å². The fourth-order valence-electron chi connectivity index (χ4n) is 2.85. The van der Waals surface area contributed by atoms with Crippen molar-refractivity contribution in [3.8, 4) is 0 Å². The van der Waals surface area contributed by atoms with Gasteiger partial charge in [-0.25, -0.2) is 0 Å². The second kappa shape index (κ2) is 8.16. The fourth-order valence-corrected chi connectivity index (χ4v) is 4.89. The zero-order valence-corrected chi connectivity index (χ0v) is 17.0. The molecule has 1 saturated heterocycles. The van der Waals surface area contributed by atoms with E-state index in [1.807, 2.05) is 19.1 Å². The molecule has 1 aliphatic heterocycles. The van der Waals surface area contributed by atoms with E-state index in [-0.39, 0.29) is 19.6 Å². The van der Waals surface area contributed by atoms with Gasteiger partial charge in [0.1, 0.15) is 0 Å². The molecule has 0 aromatic heterocycles. The maximum atomic E-state index is 12.7. The van der Waals surface area contributed by atoms with E-state index in [1.54, 1.807) is 30.3 Å². The second-order valence-corrected chi connectivity index (χ2v) is 9.11. The van der Waals surface area contributed by atoms with E-state index >= 15 is 0 Å². The molecule has 0 aliphatic carbocycles. The summed E-state index contributed by atoms with van der Waals surface area (Å²) in [6.07, 6.45) is 0. The predicted octanol–water partition coefficient (Wildman–Crippen LogP) is 3.30. The molecule has 0 bridgehead atoms. The number of carbonyl (C=O) groups excluding carboxylic acids is 1. The Kier molecular flexibility index (Phi) is 6.08. The molecule has 0 atom stereocenters. The lowest BCUT2D eigenvalue weighted by Crippen LogP contribution is -2.37. The molecule has 1 fully saturated rings. The average Bonchev–Trinajstić information content (AvgIpc) is 2.85. The van der Waals surface area contributed by atoms with E-state index in [1.165, 1.54) is 4.31 Å². The molecule has 1 amide bonds. The van der Waals surface area contributed by atoms with Gasteiger partial charge in [0, 0.05) is 24.7 Å². The van der Waals surface area contributed by atoms with E-state index in [0.717, 1.165) is 15.4 Å². The number of halogens is 2. The summed E-state index contributed by atoms with van der Waals surface area (Å²) in [5.74, 6) is -0.436. The summed E-state index contributed by atoms with van der Waals surface area (Å²) in [4.78, 5) is 12.3. The zero-order chi connectivity index (χ0) is 19.6. The number of nitrogens with zero attached hydrogens (tertiary/aromatic N) is 2. The number of aryl methyl sites for hydroxylation is 1. The first-order chi connectivity index (χ1) is 12.8. The third-order valence-corrected chi connectivity index (χ3v) is 6.69. The van der Waals surface area contributed by atoms with Gasteiger partial charge in [-0.3, -0.25) is 4.79 Å². The smallest absolute Gasteiger partial charge is 0.282 e. The molecular weight excluding hydrogens is 409 g/mol. The topological polar surface area (TPSA) is 69.7 Å². The molecule has 1 heterocycles. The molecule has 0 radical (unpaired) electrons. The van der Waals surface area contributed by atoms with Crippen LogP contribution in [0.3, 0.4) is 0 Å². The van der Waals surface area contributed by atoms with Crippen molar-refractivity contribution < 1.29 is 13.2 Å². The van der Waals surface area contributed by atoms with Crippen LogP contribution in [-0.2, 0) is 21.5 Å². The number of benzene rings is 2. The molecule has 3 rings (SSSR count). The minimum Gasteiger partial charge on any atom is -0.324 e. The Morgan fingerprint density at radius 2 is 1.85 bits per heavy atom. The highest BCUT2D eigenvalue weighted by atomic mass is 35.5. The minimum atomic E-state index is -3.71. The van der Waals surface area contributed by atoms with Crippen LogP contribution in [0.25, 0.3) is 0 Å². The van der Waals surface area contributed by atoms with Crippen LogP contribution in [0, 0.1) is 6.92 Å². The third-order valence-electron chi connectivity index (χ3n) is 4.22. The minimum absolute atomic E-state index is 0.213. The van der Waals surface area contributed by atoms with Crippen LogP contribution in [0.5, 0.6) is 0 Å². The molecule has 27 heavy (non-hydrogen) atoms. The van der Waals surface area contributed by atoms with Crippen LogP contribution in [0.15, 0.2) is 42.5 Å². The summed E-state index contributed by atoms with van der Waals surface area (Å²) >= 11 is 12.1. The Labute approximate surface area is 168 Å². The van der Waals surface area contributed by atoms with Gasteiger partial charge in [-0.2, -0.15) is 17.0 Å². The lowest BCUT2D eigenvalue weighted by atomic mass is 10.2. The first-order valence-electron chi connectivity index (χ1n) is 8.31. The summed E-state index contributed by atoms with van der Waals surface area (Å²) in [5, 5.41) is 3.62. The number of nitrogens with one attached hydrogen (secondary N) is 1. The van der Waals surface area contributed by atoms with Crippen LogP contribution < -0.4 is 5.32 Å². The summed E-state index contributed by atoms with van der Waals surface area (Å²) in [7, 11) is -3.71. The first kappa shape index (κ1) is 20.1. The molecule has 0 unspecified atom stereocenters. The summed E-state index contributed by atoms with van der Waals surface area (Å²) in [6.45, 7) is 2.40. The predicted molar refractivity (Wildman–Crippen MR) is 107 cm³/mol. The van der Waals surface area contributed by atoms with E-state index in [4.69, 9.17) is 23.2 Å². The molecule has 9 heteroatoms. The Hall–Kier alpha value is -1.64. The normalized spacial score (nSPS) is 17.1. The number of amides is 1. The van der Waals surface area contributed by atoms with Crippen molar-refractivity contribution in [2.45, 2.75) is 13.5 Å². The van der Waals surface area contributed by atoms with Crippen LogP contribution in [0.2, 0.25) is 10.0 Å². The van der Waals surface area contributed by atoms with Gasteiger partial charge in [-0.1, -0.05) is 41.4 Å². The van der Waals surface area contributed by atoms with Crippen molar-refractivity contribution in [1.29, 1.82) is 0 Å². The monoisotopic (exact) mass is 427 g/mol.